The van der Waals surface area contributed by atoms with E-state index >= 15 is 0 Å². The number of nitrogens with one attached hydrogen (secondary N) is 2. The van der Waals surface area contributed by atoms with E-state index in [9.17, 15) is 4.79 Å². The van der Waals surface area contributed by atoms with Crippen LogP contribution in [0, 0.1) is 0 Å². The van der Waals surface area contributed by atoms with Crippen LogP contribution < -0.4 is 11.1 Å². The summed E-state index contributed by atoms with van der Waals surface area (Å²) in [5.41, 5.74) is 5.45. The van der Waals surface area contributed by atoms with Crippen molar-refractivity contribution in [1.82, 2.24) is 20.5 Å². The summed E-state index contributed by atoms with van der Waals surface area (Å²) in [6.45, 7) is 1.86. The third-order valence-electron chi connectivity index (χ3n) is 3.34. The normalized spacial score (nSPS) is 18.8. The van der Waals surface area contributed by atoms with Crippen LogP contribution in [0.1, 0.15) is 45.4 Å². The van der Waals surface area contributed by atoms with E-state index in [4.69, 9.17) is 5.73 Å². The first kappa shape index (κ1) is 14.2. The van der Waals surface area contributed by atoms with Gasteiger partial charge in [-0.05, 0) is 19.8 Å². The van der Waals surface area contributed by atoms with E-state index in [1.54, 1.807) is 0 Å². The predicted octanol–water partition coefficient (Wildman–Crippen LogP) is 1.71. The zero-order valence-corrected chi connectivity index (χ0v) is 12.0. The Balaban J connectivity index is 1.81. The van der Waals surface area contributed by atoms with Crippen molar-refractivity contribution in [3.05, 3.63) is 0 Å². The summed E-state index contributed by atoms with van der Waals surface area (Å²) in [5.74, 6) is 0.333. The van der Waals surface area contributed by atoms with E-state index in [2.05, 4.69) is 20.5 Å². The molecule has 0 radical (unpaired) electrons. The largest absolute Gasteiger partial charge is 0.368 e. The molecular formula is C12H21N5OS. The SMILES string of the molecule is C[C@@H](Sc1n[nH]c(N)n1)C(=O)NC1CCCCCC1. The number of carbonyl (C=O) groups is 1. The average Bonchev–Trinajstić information content (AvgIpc) is 2.64. The summed E-state index contributed by atoms with van der Waals surface area (Å²) >= 11 is 1.32. The van der Waals surface area contributed by atoms with Crippen LogP contribution in [0.5, 0.6) is 0 Å². The summed E-state index contributed by atoms with van der Waals surface area (Å²) < 4.78 is 0. The van der Waals surface area contributed by atoms with E-state index < -0.39 is 0 Å². The molecule has 1 amide bonds. The number of nitrogens with two attached hydrogens (primary N) is 1. The van der Waals surface area contributed by atoms with Gasteiger partial charge in [0.05, 0.1) is 5.25 Å². The van der Waals surface area contributed by atoms with Crippen molar-refractivity contribution in [3.63, 3.8) is 0 Å². The third kappa shape index (κ3) is 4.41. The van der Waals surface area contributed by atoms with Crippen LogP contribution >= 0.6 is 11.8 Å². The fourth-order valence-electron chi connectivity index (χ4n) is 2.26. The van der Waals surface area contributed by atoms with Gasteiger partial charge >= 0.3 is 0 Å². The highest BCUT2D eigenvalue weighted by Crippen LogP contribution is 2.21. The van der Waals surface area contributed by atoms with Crippen molar-refractivity contribution in [2.45, 2.75) is 61.9 Å². The second-order valence-corrected chi connectivity index (χ2v) is 6.27. The predicted molar refractivity (Wildman–Crippen MR) is 75.7 cm³/mol. The van der Waals surface area contributed by atoms with Gasteiger partial charge in [-0.3, -0.25) is 4.79 Å². The van der Waals surface area contributed by atoms with Crippen molar-refractivity contribution in [2.24, 2.45) is 0 Å². The lowest BCUT2D eigenvalue weighted by Gasteiger charge is -2.18. The Hall–Kier alpha value is -1.24. The number of aromatic amines is 1. The van der Waals surface area contributed by atoms with Crippen molar-refractivity contribution in [2.75, 3.05) is 5.73 Å². The number of carbonyl (C=O) groups excluding carboxylic acids is 1. The fraction of sp³-hybridized carbons (Fsp3) is 0.750. The van der Waals surface area contributed by atoms with E-state index in [0.29, 0.717) is 11.2 Å². The van der Waals surface area contributed by atoms with E-state index in [1.165, 1.54) is 37.4 Å². The standard InChI is InChI=1S/C12H21N5OS/c1-8(19-12-15-11(13)16-17-12)10(18)14-9-6-4-2-3-5-7-9/h8-9H,2-7H2,1H3,(H,14,18)(H3,13,15,16,17)/t8-/m1/s1. The molecule has 0 spiro atoms. The number of rotatable bonds is 4. The third-order valence-corrected chi connectivity index (χ3v) is 4.30. The van der Waals surface area contributed by atoms with Crippen LogP contribution in [-0.2, 0) is 4.79 Å². The minimum absolute atomic E-state index is 0.0558. The molecule has 4 N–H and O–H groups in total. The van der Waals surface area contributed by atoms with Crippen LogP contribution in [0.4, 0.5) is 5.95 Å². The van der Waals surface area contributed by atoms with Crippen molar-refractivity contribution in [1.29, 1.82) is 0 Å². The summed E-state index contributed by atoms with van der Waals surface area (Å²) in [7, 11) is 0. The zero-order valence-electron chi connectivity index (χ0n) is 11.2. The van der Waals surface area contributed by atoms with E-state index in [-0.39, 0.29) is 17.1 Å². The van der Waals surface area contributed by atoms with E-state index in [0.717, 1.165) is 12.8 Å². The van der Waals surface area contributed by atoms with Crippen molar-refractivity contribution >= 4 is 23.6 Å². The number of amides is 1. The number of hydrogen-bond acceptors (Lipinski definition) is 5. The van der Waals surface area contributed by atoms with Crippen LogP contribution in [0.25, 0.3) is 0 Å². The molecule has 1 saturated carbocycles. The quantitative estimate of drug-likeness (QED) is 0.577. The molecule has 2 rings (SSSR count). The van der Waals surface area contributed by atoms with Gasteiger partial charge < -0.3 is 11.1 Å². The number of H-pyrrole nitrogens is 1. The molecule has 0 unspecified atom stereocenters. The Bertz CT molecular complexity index is 414. The Morgan fingerprint density at radius 2 is 2.11 bits per heavy atom. The Morgan fingerprint density at radius 3 is 2.68 bits per heavy atom. The number of thioether (sulfide) groups is 1. The van der Waals surface area contributed by atoms with Crippen LogP contribution in [0.15, 0.2) is 5.16 Å². The molecule has 0 aliphatic heterocycles. The molecule has 1 aliphatic carbocycles. The molecule has 0 aromatic carbocycles. The van der Waals surface area contributed by atoms with Gasteiger partial charge in [-0.25, -0.2) is 5.10 Å². The molecule has 6 nitrogen and oxygen atoms in total. The van der Waals surface area contributed by atoms with Gasteiger partial charge in [-0.15, -0.1) is 5.10 Å². The summed E-state index contributed by atoms with van der Waals surface area (Å²) in [5, 5.41) is 9.92. The Kier molecular flexibility index (Phi) is 5.07. The van der Waals surface area contributed by atoms with Gasteiger partial charge in [0.25, 0.3) is 0 Å². The lowest BCUT2D eigenvalue weighted by Crippen LogP contribution is -2.39. The van der Waals surface area contributed by atoms with Gasteiger partial charge in [0.2, 0.25) is 17.0 Å². The summed E-state index contributed by atoms with van der Waals surface area (Å²) in [6.07, 6.45) is 7.18. The van der Waals surface area contributed by atoms with Gasteiger partial charge in [-0.2, -0.15) is 4.98 Å². The summed E-state index contributed by atoms with van der Waals surface area (Å²) in [4.78, 5) is 16.1. The molecule has 1 fully saturated rings. The smallest absolute Gasteiger partial charge is 0.233 e. The maximum atomic E-state index is 12.1. The first-order valence-electron chi connectivity index (χ1n) is 6.80. The fourth-order valence-corrected chi connectivity index (χ4v) is 3.01. The van der Waals surface area contributed by atoms with Gasteiger partial charge in [0.1, 0.15) is 0 Å². The molecule has 0 bridgehead atoms. The molecule has 1 aromatic heterocycles. The minimum atomic E-state index is -0.210. The second kappa shape index (κ2) is 6.79. The van der Waals surface area contributed by atoms with E-state index in [1.807, 2.05) is 6.92 Å². The molecule has 19 heavy (non-hydrogen) atoms. The lowest BCUT2D eigenvalue weighted by atomic mass is 10.1. The molecule has 1 heterocycles. The molecule has 0 saturated heterocycles. The van der Waals surface area contributed by atoms with Crippen LogP contribution in [0.2, 0.25) is 0 Å². The van der Waals surface area contributed by atoms with Gasteiger partial charge in [0, 0.05) is 6.04 Å². The minimum Gasteiger partial charge on any atom is -0.368 e. The Labute approximate surface area is 117 Å². The highest BCUT2D eigenvalue weighted by Gasteiger charge is 2.20. The maximum Gasteiger partial charge on any atom is 0.233 e. The lowest BCUT2D eigenvalue weighted by molar-refractivity contribution is -0.121. The second-order valence-electron chi connectivity index (χ2n) is 4.96. The summed E-state index contributed by atoms with van der Waals surface area (Å²) in [6, 6.07) is 0.329. The molecular weight excluding hydrogens is 262 g/mol. The van der Waals surface area contributed by atoms with Crippen molar-refractivity contribution < 1.29 is 4.79 Å². The molecule has 1 aromatic rings. The van der Waals surface area contributed by atoms with Gasteiger partial charge in [-0.1, -0.05) is 37.4 Å². The first-order chi connectivity index (χ1) is 9.15. The number of nitrogens with zero attached hydrogens (tertiary/aromatic N) is 2. The molecule has 1 aliphatic rings. The zero-order chi connectivity index (χ0) is 13.7. The highest BCUT2D eigenvalue weighted by molar-refractivity contribution is 8.00. The van der Waals surface area contributed by atoms with Crippen LogP contribution in [-0.4, -0.2) is 32.4 Å². The monoisotopic (exact) mass is 283 g/mol. The number of anilines is 1. The van der Waals surface area contributed by atoms with Gasteiger partial charge in [0.15, 0.2) is 0 Å². The Morgan fingerprint density at radius 1 is 1.42 bits per heavy atom. The van der Waals surface area contributed by atoms with Crippen molar-refractivity contribution in [3.8, 4) is 0 Å². The molecule has 7 heteroatoms. The first-order valence-corrected chi connectivity index (χ1v) is 7.68. The number of aromatic nitrogens is 3. The molecule has 1 atom stereocenters. The average molecular weight is 283 g/mol. The number of hydrogen-bond donors (Lipinski definition) is 3. The maximum absolute atomic E-state index is 12.1. The van der Waals surface area contributed by atoms with Crippen LogP contribution in [0.3, 0.4) is 0 Å². The topological polar surface area (TPSA) is 96.7 Å². The highest BCUT2D eigenvalue weighted by atomic mass is 32.2. The number of nitrogen functional groups attached to an aromatic ring is 1. The molecule has 106 valence electrons.